The number of carbonyl (C=O) groups excluding carboxylic acids is 1. The minimum Gasteiger partial charge on any atom is -0.385 e. The lowest BCUT2D eigenvalue weighted by Gasteiger charge is -2.35. The maximum Gasteiger partial charge on any atom is 0.321 e. The molecule has 172 valence electrons. The number of aromatic nitrogens is 2. The summed E-state index contributed by atoms with van der Waals surface area (Å²) in [5, 5.41) is 3.49. The first-order valence-corrected chi connectivity index (χ1v) is 11.3. The maximum absolute atomic E-state index is 12.7. The number of carbonyl (C=O) groups is 1. The second kappa shape index (κ2) is 9.27. The second-order valence-electron chi connectivity index (χ2n) is 8.25. The van der Waals surface area contributed by atoms with Crippen molar-refractivity contribution in [1.29, 1.82) is 0 Å². The van der Waals surface area contributed by atoms with Crippen LogP contribution in [0.1, 0.15) is 6.42 Å². The average Bonchev–Trinajstić information content (AvgIpc) is 3.13. The molecule has 3 heterocycles. The number of pyridine rings is 2. The molecule has 3 N–H and O–H groups in total. The summed E-state index contributed by atoms with van der Waals surface area (Å²) in [6.07, 6.45) is 12.2. The molecule has 1 fully saturated rings. The Balaban J connectivity index is 1.36. The summed E-state index contributed by atoms with van der Waals surface area (Å²) in [5.74, 6) is 1.13. The second-order valence-corrected chi connectivity index (χ2v) is 8.25. The van der Waals surface area contributed by atoms with Gasteiger partial charge in [-0.1, -0.05) is 42.5 Å². The van der Waals surface area contributed by atoms with E-state index in [1.54, 1.807) is 6.20 Å². The van der Waals surface area contributed by atoms with E-state index in [1.165, 1.54) is 6.07 Å². The van der Waals surface area contributed by atoms with E-state index in [0.717, 1.165) is 23.6 Å². The number of fused-ring (bicyclic) bond motifs is 1. The number of allylic oxidation sites excluding steroid dienone is 5. The summed E-state index contributed by atoms with van der Waals surface area (Å²) >= 11 is 0. The molecule has 8 heteroatoms. The monoisotopic (exact) mass is 454 g/mol. The minimum atomic E-state index is -0.155. The zero-order valence-corrected chi connectivity index (χ0v) is 18.7. The van der Waals surface area contributed by atoms with Crippen LogP contribution in [-0.2, 0) is 0 Å². The lowest BCUT2D eigenvalue weighted by Crippen LogP contribution is -2.51. The number of nitrogen functional groups attached to an aromatic ring is 1. The van der Waals surface area contributed by atoms with E-state index in [1.807, 2.05) is 76.2 Å². The highest BCUT2D eigenvalue weighted by Gasteiger charge is 2.23. The van der Waals surface area contributed by atoms with E-state index in [0.29, 0.717) is 42.9 Å². The molecule has 1 saturated heterocycles. The van der Waals surface area contributed by atoms with Crippen LogP contribution in [-0.4, -0.2) is 46.7 Å². The van der Waals surface area contributed by atoms with Gasteiger partial charge in [-0.3, -0.25) is 9.36 Å². The van der Waals surface area contributed by atoms with Crippen LogP contribution >= 0.6 is 0 Å². The Morgan fingerprint density at radius 1 is 1.03 bits per heavy atom. The van der Waals surface area contributed by atoms with Crippen LogP contribution in [0, 0.1) is 0 Å². The van der Waals surface area contributed by atoms with Crippen molar-refractivity contribution in [1.82, 2.24) is 19.8 Å². The van der Waals surface area contributed by atoms with Gasteiger partial charge in [0.2, 0.25) is 0 Å². The Bertz CT molecular complexity index is 1370. The third-order valence-corrected chi connectivity index (χ3v) is 6.06. The molecule has 0 atom stereocenters. The highest BCUT2D eigenvalue weighted by Crippen LogP contribution is 2.24. The van der Waals surface area contributed by atoms with Gasteiger partial charge in [0.15, 0.2) is 5.43 Å². The first-order valence-electron chi connectivity index (χ1n) is 11.3. The molecule has 5 rings (SSSR count). The summed E-state index contributed by atoms with van der Waals surface area (Å²) in [7, 11) is 0. The van der Waals surface area contributed by atoms with Crippen molar-refractivity contribution in [3.8, 4) is 5.69 Å². The third-order valence-electron chi connectivity index (χ3n) is 6.06. The molecule has 1 aliphatic carbocycles. The fourth-order valence-electron chi connectivity index (χ4n) is 4.28. The Morgan fingerprint density at radius 3 is 2.62 bits per heavy atom. The molecule has 2 aromatic heterocycles. The number of nitrogens with zero attached hydrogens (tertiary/aromatic N) is 4. The van der Waals surface area contributed by atoms with Crippen molar-refractivity contribution in [2.45, 2.75) is 6.42 Å². The maximum atomic E-state index is 12.7. The topological polar surface area (TPSA) is 96.5 Å². The molecular weight excluding hydrogens is 428 g/mol. The normalized spacial score (nSPS) is 15.8. The van der Waals surface area contributed by atoms with Crippen molar-refractivity contribution >= 4 is 28.6 Å². The van der Waals surface area contributed by atoms with Gasteiger partial charge in [-0.25, -0.2) is 9.78 Å². The van der Waals surface area contributed by atoms with Crippen LogP contribution in [0.2, 0.25) is 0 Å². The van der Waals surface area contributed by atoms with Crippen molar-refractivity contribution < 1.29 is 4.79 Å². The lowest BCUT2D eigenvalue weighted by molar-refractivity contribution is 0.197. The van der Waals surface area contributed by atoms with E-state index in [4.69, 9.17) is 5.73 Å². The SMILES string of the molecule is Nc1cc(=O)c2cnc(N3CCN(C(=O)NC4=CCC=CC=C4)CC3)cc2n1-c1ccccc1. The van der Waals surface area contributed by atoms with Crippen LogP contribution in [0.3, 0.4) is 0 Å². The zero-order valence-electron chi connectivity index (χ0n) is 18.7. The van der Waals surface area contributed by atoms with Crippen LogP contribution in [0.25, 0.3) is 16.6 Å². The molecule has 8 nitrogen and oxygen atoms in total. The predicted molar refractivity (Wildman–Crippen MR) is 135 cm³/mol. The van der Waals surface area contributed by atoms with Crippen molar-refractivity contribution in [2.75, 3.05) is 36.8 Å². The van der Waals surface area contributed by atoms with Gasteiger partial charge in [-0.15, -0.1) is 0 Å². The molecule has 1 aromatic carbocycles. The standard InChI is InChI=1S/C26H26N6O2/c27-24-17-23(33)21-18-28-25(16-22(21)32(24)20-10-6-3-7-11-20)30-12-14-31(15-13-30)26(34)29-19-8-4-1-2-5-9-19/h1-4,6-11,16-18H,5,12-15,27H2,(H,29,34). The Hall–Kier alpha value is -4.33. The molecule has 0 spiro atoms. The molecular formula is C26H26N6O2. The van der Waals surface area contributed by atoms with Gasteiger partial charge in [0, 0.05) is 55.9 Å². The average molecular weight is 455 g/mol. The summed E-state index contributed by atoms with van der Waals surface area (Å²) in [6, 6.07) is 12.9. The van der Waals surface area contributed by atoms with Crippen LogP contribution in [0.5, 0.6) is 0 Å². The number of piperazine rings is 1. The number of amides is 2. The van der Waals surface area contributed by atoms with Crippen LogP contribution in [0.4, 0.5) is 16.4 Å². The number of nitrogens with one attached hydrogen (secondary N) is 1. The fourth-order valence-corrected chi connectivity index (χ4v) is 4.28. The number of hydrogen-bond donors (Lipinski definition) is 2. The number of anilines is 2. The lowest BCUT2D eigenvalue weighted by atomic mass is 10.2. The van der Waals surface area contributed by atoms with Gasteiger partial charge in [0.05, 0.1) is 10.9 Å². The van der Waals surface area contributed by atoms with Gasteiger partial charge in [-0.2, -0.15) is 0 Å². The molecule has 2 aliphatic rings. The number of urea groups is 1. The third kappa shape index (κ3) is 4.30. The molecule has 0 bridgehead atoms. The quantitative estimate of drug-likeness (QED) is 0.634. The number of benzene rings is 1. The number of para-hydroxylation sites is 1. The summed E-state index contributed by atoms with van der Waals surface area (Å²) in [4.78, 5) is 33.8. The first kappa shape index (κ1) is 21.5. The highest BCUT2D eigenvalue weighted by atomic mass is 16.2. The molecule has 2 amide bonds. The summed E-state index contributed by atoms with van der Waals surface area (Å²) < 4.78 is 1.87. The van der Waals surface area contributed by atoms with E-state index >= 15 is 0 Å². The zero-order chi connectivity index (χ0) is 23.5. The Labute approximate surface area is 197 Å². The number of rotatable bonds is 3. The molecule has 1 aliphatic heterocycles. The molecule has 3 aromatic rings. The minimum absolute atomic E-state index is 0.102. The van der Waals surface area contributed by atoms with Crippen molar-refractivity contribution in [2.24, 2.45) is 0 Å². The van der Waals surface area contributed by atoms with Gasteiger partial charge >= 0.3 is 6.03 Å². The molecule has 34 heavy (non-hydrogen) atoms. The van der Waals surface area contributed by atoms with Crippen LogP contribution < -0.4 is 21.4 Å². The smallest absolute Gasteiger partial charge is 0.321 e. The summed E-state index contributed by atoms with van der Waals surface area (Å²) in [5.41, 5.74) is 8.49. The Kier molecular flexibility index (Phi) is 5.86. The van der Waals surface area contributed by atoms with Crippen molar-refractivity contribution in [3.63, 3.8) is 0 Å². The van der Waals surface area contributed by atoms with Gasteiger partial charge in [0.25, 0.3) is 0 Å². The molecule has 0 saturated carbocycles. The largest absolute Gasteiger partial charge is 0.385 e. The van der Waals surface area contributed by atoms with E-state index in [9.17, 15) is 9.59 Å². The van der Waals surface area contributed by atoms with E-state index < -0.39 is 0 Å². The number of nitrogens with two attached hydrogens (primary N) is 1. The molecule has 0 unspecified atom stereocenters. The summed E-state index contributed by atoms with van der Waals surface area (Å²) in [6.45, 7) is 2.42. The fraction of sp³-hybridized carbons (Fsp3) is 0.192. The van der Waals surface area contributed by atoms with E-state index in [-0.39, 0.29) is 11.5 Å². The molecule has 0 radical (unpaired) electrons. The predicted octanol–water partition coefficient (Wildman–Crippen LogP) is 3.20. The van der Waals surface area contributed by atoms with Crippen LogP contribution in [0.15, 0.2) is 89.5 Å². The van der Waals surface area contributed by atoms with Crippen molar-refractivity contribution in [3.05, 3.63) is 95.0 Å². The number of hydrogen-bond acceptors (Lipinski definition) is 5. The Morgan fingerprint density at radius 2 is 1.82 bits per heavy atom. The van der Waals surface area contributed by atoms with Gasteiger partial charge in [0.1, 0.15) is 11.6 Å². The van der Waals surface area contributed by atoms with Gasteiger partial charge in [-0.05, 0) is 24.6 Å². The van der Waals surface area contributed by atoms with E-state index in [2.05, 4.69) is 15.2 Å². The first-order chi connectivity index (χ1) is 16.6. The van der Waals surface area contributed by atoms with Gasteiger partial charge < -0.3 is 20.9 Å². The highest BCUT2D eigenvalue weighted by molar-refractivity contribution is 5.84.